The fourth-order valence-electron chi connectivity index (χ4n) is 2.44. The first-order valence-electron chi connectivity index (χ1n) is 6.11. The van der Waals surface area contributed by atoms with Crippen LogP contribution in [0.3, 0.4) is 0 Å². The molecule has 0 saturated carbocycles. The highest BCUT2D eigenvalue weighted by atomic mass is 32.2. The fourth-order valence-corrected chi connectivity index (χ4v) is 4.27. The predicted molar refractivity (Wildman–Crippen MR) is 68.1 cm³/mol. The zero-order valence-electron chi connectivity index (χ0n) is 10.2. The zero-order chi connectivity index (χ0) is 12.8. The first kappa shape index (κ1) is 11.6. The molecule has 1 aliphatic heterocycles. The second kappa shape index (κ2) is 4.05. The second-order valence-electron chi connectivity index (χ2n) is 4.78. The summed E-state index contributed by atoms with van der Waals surface area (Å²) in [5, 5.41) is 3.80. The molecule has 0 amide bonds. The van der Waals surface area contributed by atoms with Crippen LogP contribution in [0.5, 0.6) is 0 Å². The van der Waals surface area contributed by atoms with Crippen molar-refractivity contribution in [1.82, 2.24) is 14.6 Å². The molecule has 0 N–H and O–H groups in total. The summed E-state index contributed by atoms with van der Waals surface area (Å²) in [5.41, 5.74) is 1.75. The van der Waals surface area contributed by atoms with Gasteiger partial charge in [0.25, 0.3) is 0 Å². The molecule has 0 aliphatic carbocycles. The molecule has 3 heterocycles. The summed E-state index contributed by atoms with van der Waals surface area (Å²) in [4.78, 5) is 4.40. The Balaban J connectivity index is 2.12. The van der Waals surface area contributed by atoms with Crippen LogP contribution < -0.4 is 0 Å². The van der Waals surface area contributed by atoms with Crippen LogP contribution in [0.2, 0.25) is 0 Å². The molecule has 2 aromatic heterocycles. The lowest BCUT2D eigenvalue weighted by Crippen LogP contribution is -2.22. The van der Waals surface area contributed by atoms with E-state index in [9.17, 15) is 8.42 Å². The molecule has 1 aliphatic rings. The van der Waals surface area contributed by atoms with Crippen LogP contribution >= 0.6 is 0 Å². The molecule has 1 saturated heterocycles. The van der Waals surface area contributed by atoms with Gasteiger partial charge in [-0.15, -0.1) is 5.10 Å². The minimum absolute atomic E-state index is 0.256. The molecule has 0 bridgehead atoms. The Morgan fingerprint density at radius 3 is 2.94 bits per heavy atom. The summed E-state index contributed by atoms with van der Waals surface area (Å²) in [5.74, 6) is 0.704. The van der Waals surface area contributed by atoms with Gasteiger partial charge >= 0.3 is 0 Å². The topological polar surface area (TPSA) is 64.3 Å². The van der Waals surface area contributed by atoms with Crippen molar-refractivity contribution in [2.75, 3.05) is 5.75 Å². The van der Waals surface area contributed by atoms with Gasteiger partial charge in [-0.1, -0.05) is 12.5 Å². The largest absolute Gasteiger partial charge is 0.228 e. The van der Waals surface area contributed by atoms with Crippen molar-refractivity contribution >= 4 is 15.5 Å². The molecule has 5 nitrogen and oxygen atoms in total. The fraction of sp³-hybridized carbons (Fsp3) is 0.500. The molecule has 18 heavy (non-hydrogen) atoms. The third kappa shape index (κ3) is 1.80. The zero-order valence-corrected chi connectivity index (χ0v) is 11.0. The Kier molecular flexibility index (Phi) is 2.62. The summed E-state index contributed by atoms with van der Waals surface area (Å²) in [6.07, 6.45) is 4.12. The number of rotatable bonds is 1. The minimum atomic E-state index is -3.08. The van der Waals surface area contributed by atoms with Crippen molar-refractivity contribution in [2.24, 2.45) is 0 Å². The standard InChI is InChI=1S/C12H15N3O2S/c1-9-5-4-7-15-12(9)13-11(14-15)10-6-2-3-8-18(10,16)17/h4-5,7,10H,2-3,6,8H2,1H3. The number of fused-ring (bicyclic) bond motifs is 1. The molecule has 1 atom stereocenters. The van der Waals surface area contributed by atoms with Crippen LogP contribution in [0.15, 0.2) is 18.3 Å². The van der Waals surface area contributed by atoms with Gasteiger partial charge in [-0.05, 0) is 31.4 Å². The number of nitrogens with zero attached hydrogens (tertiary/aromatic N) is 3. The van der Waals surface area contributed by atoms with E-state index in [1.54, 1.807) is 10.7 Å². The van der Waals surface area contributed by atoms with E-state index in [0.717, 1.165) is 24.1 Å². The maximum Gasteiger partial charge on any atom is 0.169 e. The highest BCUT2D eigenvalue weighted by Gasteiger charge is 2.33. The number of hydrogen-bond acceptors (Lipinski definition) is 4. The van der Waals surface area contributed by atoms with E-state index in [4.69, 9.17) is 0 Å². The molecule has 6 heteroatoms. The van der Waals surface area contributed by atoms with Crippen LogP contribution in [-0.2, 0) is 9.84 Å². The Hall–Kier alpha value is -1.43. The number of aryl methyl sites for hydroxylation is 1. The average Bonchev–Trinajstić information content (AvgIpc) is 2.73. The highest BCUT2D eigenvalue weighted by Crippen LogP contribution is 2.31. The SMILES string of the molecule is Cc1cccn2nc(C3CCCCS3(=O)=O)nc12. The maximum atomic E-state index is 12.1. The maximum absolute atomic E-state index is 12.1. The van der Waals surface area contributed by atoms with E-state index in [-0.39, 0.29) is 5.75 Å². The highest BCUT2D eigenvalue weighted by molar-refractivity contribution is 7.91. The lowest BCUT2D eigenvalue weighted by atomic mass is 10.2. The Morgan fingerprint density at radius 2 is 2.22 bits per heavy atom. The van der Waals surface area contributed by atoms with E-state index < -0.39 is 15.1 Å². The van der Waals surface area contributed by atoms with Crippen LogP contribution in [0.25, 0.3) is 5.65 Å². The quantitative estimate of drug-likeness (QED) is 0.787. The van der Waals surface area contributed by atoms with Crippen molar-refractivity contribution in [3.05, 3.63) is 29.7 Å². The van der Waals surface area contributed by atoms with Crippen LogP contribution in [0.4, 0.5) is 0 Å². The van der Waals surface area contributed by atoms with E-state index in [1.807, 2.05) is 19.1 Å². The molecule has 0 aromatic carbocycles. The third-order valence-electron chi connectivity index (χ3n) is 3.44. The second-order valence-corrected chi connectivity index (χ2v) is 7.08. The van der Waals surface area contributed by atoms with Crippen LogP contribution in [0.1, 0.15) is 35.9 Å². The van der Waals surface area contributed by atoms with E-state index in [2.05, 4.69) is 10.1 Å². The molecule has 1 fully saturated rings. The molecular weight excluding hydrogens is 250 g/mol. The van der Waals surface area contributed by atoms with Gasteiger partial charge in [0.05, 0.1) is 5.75 Å². The van der Waals surface area contributed by atoms with Crippen molar-refractivity contribution in [2.45, 2.75) is 31.4 Å². The minimum Gasteiger partial charge on any atom is -0.228 e. The van der Waals surface area contributed by atoms with Gasteiger partial charge in [0.1, 0.15) is 5.25 Å². The molecule has 1 unspecified atom stereocenters. The lowest BCUT2D eigenvalue weighted by Gasteiger charge is -2.19. The number of aromatic nitrogens is 3. The number of hydrogen-bond donors (Lipinski definition) is 0. The molecule has 0 radical (unpaired) electrons. The number of pyridine rings is 1. The van der Waals surface area contributed by atoms with Crippen molar-refractivity contribution < 1.29 is 8.42 Å². The summed E-state index contributed by atoms with van der Waals surface area (Å²) >= 11 is 0. The van der Waals surface area contributed by atoms with Crippen molar-refractivity contribution in [1.29, 1.82) is 0 Å². The first-order valence-corrected chi connectivity index (χ1v) is 7.83. The summed E-state index contributed by atoms with van der Waals surface area (Å²) < 4.78 is 25.8. The normalized spacial score (nSPS) is 23.3. The molecule has 0 spiro atoms. The first-order chi connectivity index (χ1) is 8.58. The van der Waals surface area contributed by atoms with Crippen LogP contribution in [-0.4, -0.2) is 28.8 Å². The summed E-state index contributed by atoms with van der Waals surface area (Å²) in [6.45, 7) is 1.95. The van der Waals surface area contributed by atoms with Crippen LogP contribution in [0, 0.1) is 6.92 Å². The predicted octanol–water partition coefficient (Wildman–Crippen LogP) is 1.68. The van der Waals surface area contributed by atoms with Crippen molar-refractivity contribution in [3.63, 3.8) is 0 Å². The summed E-state index contributed by atoms with van der Waals surface area (Å²) in [6, 6.07) is 3.83. The van der Waals surface area contributed by atoms with Gasteiger partial charge in [0.15, 0.2) is 21.3 Å². The smallest absolute Gasteiger partial charge is 0.169 e. The van der Waals surface area contributed by atoms with E-state index in [1.165, 1.54) is 0 Å². The van der Waals surface area contributed by atoms with Gasteiger partial charge < -0.3 is 0 Å². The third-order valence-corrected chi connectivity index (χ3v) is 5.61. The van der Waals surface area contributed by atoms with Gasteiger partial charge in [-0.3, -0.25) is 0 Å². The average molecular weight is 265 g/mol. The number of sulfone groups is 1. The van der Waals surface area contributed by atoms with Gasteiger partial charge in [-0.2, -0.15) is 0 Å². The van der Waals surface area contributed by atoms with Gasteiger partial charge in [0.2, 0.25) is 0 Å². The van der Waals surface area contributed by atoms with E-state index >= 15 is 0 Å². The van der Waals surface area contributed by atoms with E-state index in [0.29, 0.717) is 12.2 Å². The monoisotopic (exact) mass is 265 g/mol. The molecule has 96 valence electrons. The molecular formula is C12H15N3O2S. The van der Waals surface area contributed by atoms with Gasteiger partial charge in [0, 0.05) is 6.20 Å². The summed E-state index contributed by atoms with van der Waals surface area (Å²) in [7, 11) is -3.08. The lowest BCUT2D eigenvalue weighted by molar-refractivity contribution is 0.538. The van der Waals surface area contributed by atoms with Gasteiger partial charge in [-0.25, -0.2) is 17.9 Å². The Labute approximate surface area is 106 Å². The Bertz CT molecular complexity index is 690. The van der Waals surface area contributed by atoms with Crippen molar-refractivity contribution in [3.8, 4) is 0 Å². The Morgan fingerprint density at radius 1 is 1.39 bits per heavy atom. The molecule has 2 aromatic rings. The molecule has 3 rings (SSSR count).